The third-order valence-electron chi connectivity index (χ3n) is 6.73. The van der Waals surface area contributed by atoms with E-state index in [0.29, 0.717) is 11.3 Å². The molecular formula is C28H38N8O11. The van der Waals surface area contributed by atoms with Gasteiger partial charge in [0, 0.05) is 37.6 Å². The number of nitrogens with two attached hydrogens (primary N) is 2. The van der Waals surface area contributed by atoms with Gasteiger partial charge in [-0.1, -0.05) is 12.1 Å². The van der Waals surface area contributed by atoms with Gasteiger partial charge in [0.25, 0.3) is 0 Å². The summed E-state index contributed by atoms with van der Waals surface area (Å²) >= 11 is 0. The second-order valence-corrected chi connectivity index (χ2v) is 10.5. The summed E-state index contributed by atoms with van der Waals surface area (Å²) in [6.07, 6.45) is 0.757. The molecule has 1 heterocycles. The van der Waals surface area contributed by atoms with Gasteiger partial charge in [-0.25, -0.2) is 9.78 Å². The summed E-state index contributed by atoms with van der Waals surface area (Å²) in [7, 11) is 0. The number of phenolic OH excluding ortho intramolecular Hbond substituents is 1. The largest absolute Gasteiger partial charge is 0.508 e. The Bertz CT molecular complexity index is 1400. The summed E-state index contributed by atoms with van der Waals surface area (Å²) in [6.45, 7) is -0.890. The number of nitrogens with one attached hydrogen (secondary N) is 5. The van der Waals surface area contributed by atoms with Crippen molar-refractivity contribution < 1.29 is 54.0 Å². The number of benzene rings is 1. The highest BCUT2D eigenvalue weighted by Gasteiger charge is 2.32. The van der Waals surface area contributed by atoms with Gasteiger partial charge in [0.05, 0.1) is 19.0 Å². The fourth-order valence-corrected chi connectivity index (χ4v) is 4.17. The molecule has 13 N–H and O–H groups in total. The molecule has 0 unspecified atom stereocenters. The summed E-state index contributed by atoms with van der Waals surface area (Å²) in [5.41, 5.74) is 12.1. The van der Waals surface area contributed by atoms with Crippen LogP contribution in [0.3, 0.4) is 0 Å². The van der Waals surface area contributed by atoms with Gasteiger partial charge in [-0.15, -0.1) is 0 Å². The van der Waals surface area contributed by atoms with Gasteiger partial charge in [-0.05, 0) is 30.5 Å². The van der Waals surface area contributed by atoms with E-state index in [-0.39, 0.29) is 25.0 Å². The third-order valence-corrected chi connectivity index (χ3v) is 6.73. The molecule has 0 aliphatic rings. The zero-order chi connectivity index (χ0) is 35.1. The van der Waals surface area contributed by atoms with Crippen LogP contribution in [0, 0.1) is 0 Å². The molecule has 19 nitrogen and oxygen atoms in total. The first kappa shape index (κ1) is 37.6. The fourth-order valence-electron chi connectivity index (χ4n) is 4.17. The lowest BCUT2D eigenvalue weighted by atomic mass is 10.0. The first-order valence-electron chi connectivity index (χ1n) is 14.3. The molecule has 2 rings (SSSR count). The number of aliphatic carboxylic acids is 2. The maximum absolute atomic E-state index is 13.5. The summed E-state index contributed by atoms with van der Waals surface area (Å²) in [5, 5.41) is 47.0. The fraction of sp³-hybridized carbons (Fsp3) is 0.429. The Hall–Kier alpha value is -5.56. The highest BCUT2D eigenvalue weighted by molar-refractivity contribution is 5.96. The molecule has 5 atom stereocenters. The Kier molecular flexibility index (Phi) is 14.7. The lowest BCUT2D eigenvalue weighted by Crippen LogP contribution is -2.59. The molecule has 0 aliphatic carbocycles. The normalized spacial score (nSPS) is 14.0. The molecule has 0 fully saturated rings. The zero-order valence-electron chi connectivity index (χ0n) is 25.0. The molecule has 1 aromatic heterocycles. The van der Waals surface area contributed by atoms with Crippen LogP contribution in [0.2, 0.25) is 0 Å². The van der Waals surface area contributed by atoms with E-state index in [9.17, 15) is 48.9 Å². The van der Waals surface area contributed by atoms with E-state index >= 15 is 0 Å². The summed E-state index contributed by atoms with van der Waals surface area (Å²) in [5.74, 6) is -7.66. The minimum absolute atomic E-state index is 0.0330. The van der Waals surface area contributed by atoms with E-state index < -0.39 is 97.6 Å². The van der Waals surface area contributed by atoms with E-state index in [2.05, 4.69) is 31.2 Å². The number of nitrogens with zero attached hydrogens (tertiary/aromatic N) is 1. The number of imidazole rings is 1. The SMILES string of the molecule is NC(=O)CC[C@H](NC(=O)[C@H](Cc1ccc(O)cc1)NC(=O)[C@H](CO)NC(=O)[C@@H](N)Cc1cnc[nH]1)C(=O)N[C@@H](CCC(=O)O)C(=O)O. The van der Waals surface area contributed by atoms with Crippen molar-refractivity contribution in [3.63, 3.8) is 0 Å². The first-order chi connectivity index (χ1) is 22.2. The van der Waals surface area contributed by atoms with Crippen LogP contribution in [-0.2, 0) is 46.4 Å². The van der Waals surface area contributed by atoms with Crippen molar-refractivity contribution in [2.45, 2.75) is 68.7 Å². The van der Waals surface area contributed by atoms with Crippen molar-refractivity contribution in [3.8, 4) is 5.75 Å². The van der Waals surface area contributed by atoms with Gasteiger partial charge in [0.15, 0.2) is 0 Å². The third kappa shape index (κ3) is 13.1. The van der Waals surface area contributed by atoms with E-state index in [1.165, 1.54) is 36.8 Å². The number of amides is 5. The van der Waals surface area contributed by atoms with Crippen LogP contribution < -0.4 is 32.7 Å². The van der Waals surface area contributed by atoms with E-state index in [1.54, 1.807) is 0 Å². The highest BCUT2D eigenvalue weighted by atomic mass is 16.4. The minimum atomic E-state index is -1.65. The Morgan fingerprint density at radius 3 is 1.87 bits per heavy atom. The van der Waals surface area contributed by atoms with E-state index in [4.69, 9.17) is 16.6 Å². The number of carboxylic acids is 2. The van der Waals surface area contributed by atoms with Crippen molar-refractivity contribution >= 4 is 41.5 Å². The van der Waals surface area contributed by atoms with Crippen molar-refractivity contribution in [1.29, 1.82) is 0 Å². The molecule has 5 amide bonds. The second-order valence-electron chi connectivity index (χ2n) is 10.5. The van der Waals surface area contributed by atoms with Gasteiger partial charge >= 0.3 is 11.9 Å². The first-order valence-corrected chi connectivity index (χ1v) is 14.3. The number of carbonyl (C=O) groups excluding carboxylic acids is 5. The number of hydrogen-bond donors (Lipinski definition) is 11. The monoisotopic (exact) mass is 662 g/mol. The quantitative estimate of drug-likeness (QED) is 0.0653. The Labute approximate surface area is 267 Å². The molecule has 0 bridgehead atoms. The number of H-pyrrole nitrogens is 1. The number of primary amides is 1. The number of aromatic amines is 1. The molecule has 0 spiro atoms. The van der Waals surface area contributed by atoms with Crippen molar-refractivity contribution in [2.24, 2.45) is 11.5 Å². The topological polar surface area (TPSA) is 329 Å². The maximum atomic E-state index is 13.5. The van der Waals surface area contributed by atoms with Crippen molar-refractivity contribution in [1.82, 2.24) is 31.2 Å². The number of aromatic hydroxyl groups is 1. The smallest absolute Gasteiger partial charge is 0.326 e. The second kappa shape index (κ2) is 18.4. The number of aliphatic hydroxyl groups is 1. The average molecular weight is 663 g/mol. The molecule has 256 valence electrons. The van der Waals surface area contributed by atoms with Crippen LogP contribution in [-0.4, -0.2) is 109 Å². The lowest BCUT2D eigenvalue weighted by Gasteiger charge is -2.26. The predicted molar refractivity (Wildman–Crippen MR) is 160 cm³/mol. The van der Waals surface area contributed by atoms with Gasteiger partial charge in [-0.2, -0.15) is 0 Å². The highest BCUT2D eigenvalue weighted by Crippen LogP contribution is 2.12. The Morgan fingerprint density at radius 1 is 0.766 bits per heavy atom. The molecule has 0 radical (unpaired) electrons. The van der Waals surface area contributed by atoms with Crippen LogP contribution in [0.15, 0.2) is 36.8 Å². The minimum Gasteiger partial charge on any atom is -0.508 e. The number of rotatable bonds is 20. The van der Waals surface area contributed by atoms with Crippen LogP contribution in [0.1, 0.15) is 36.9 Å². The number of phenols is 1. The standard InChI is InChI=1S/C28H38N8O11/c29-17(10-15-11-31-13-32-15)24(42)36-21(12-37)27(45)35-20(9-14-1-3-16(38)4-2-14)26(44)33-18(5-7-22(30)39)25(43)34-19(28(46)47)6-8-23(40)41/h1-4,11,13,17-21,37-38H,5-10,12,29H2,(H2,30,39)(H,31,32)(H,33,44)(H,34,43)(H,35,45)(H,36,42)(H,40,41)(H,46,47)/t17-,18-,19-,20-,21-/m0/s1. The van der Waals surface area contributed by atoms with Crippen molar-refractivity contribution in [2.75, 3.05) is 6.61 Å². The predicted octanol–water partition coefficient (Wildman–Crippen LogP) is -3.63. The lowest BCUT2D eigenvalue weighted by molar-refractivity contribution is -0.143. The zero-order valence-corrected chi connectivity index (χ0v) is 25.0. The van der Waals surface area contributed by atoms with Gasteiger partial charge in [-0.3, -0.25) is 28.8 Å². The Morgan fingerprint density at radius 2 is 1.32 bits per heavy atom. The molecular weight excluding hydrogens is 624 g/mol. The van der Waals surface area contributed by atoms with Crippen molar-refractivity contribution in [3.05, 3.63) is 48.0 Å². The number of aliphatic hydroxyl groups excluding tert-OH is 1. The van der Waals surface area contributed by atoms with Gasteiger partial charge in [0.2, 0.25) is 29.5 Å². The molecule has 1 aromatic carbocycles. The van der Waals surface area contributed by atoms with E-state index in [1.807, 2.05) is 0 Å². The molecule has 19 heteroatoms. The number of carbonyl (C=O) groups is 7. The summed E-state index contributed by atoms with van der Waals surface area (Å²) in [6, 6.07) is -1.87. The molecule has 47 heavy (non-hydrogen) atoms. The molecule has 0 aliphatic heterocycles. The molecule has 2 aromatic rings. The van der Waals surface area contributed by atoms with Crippen LogP contribution in [0.5, 0.6) is 5.75 Å². The molecule has 0 saturated heterocycles. The van der Waals surface area contributed by atoms with Crippen LogP contribution in [0.4, 0.5) is 0 Å². The van der Waals surface area contributed by atoms with Crippen LogP contribution >= 0.6 is 0 Å². The van der Waals surface area contributed by atoms with Crippen LogP contribution in [0.25, 0.3) is 0 Å². The summed E-state index contributed by atoms with van der Waals surface area (Å²) < 4.78 is 0. The average Bonchev–Trinajstić information content (AvgIpc) is 3.52. The molecule has 0 saturated carbocycles. The number of aromatic nitrogens is 2. The Balaban J connectivity index is 2.26. The van der Waals surface area contributed by atoms with Gasteiger partial charge < -0.3 is 58.1 Å². The van der Waals surface area contributed by atoms with Gasteiger partial charge in [0.1, 0.15) is 29.9 Å². The van der Waals surface area contributed by atoms with E-state index in [0.717, 1.165) is 0 Å². The summed E-state index contributed by atoms with van der Waals surface area (Å²) in [4.78, 5) is 93.0. The number of hydrogen-bond acceptors (Lipinski definition) is 11. The number of carboxylic acid groups (broad SMARTS) is 2. The maximum Gasteiger partial charge on any atom is 0.326 e.